The van der Waals surface area contributed by atoms with Gasteiger partial charge in [0, 0.05) is 22.4 Å². The van der Waals surface area contributed by atoms with Gasteiger partial charge in [0.05, 0.1) is 12.8 Å². The predicted molar refractivity (Wildman–Crippen MR) is 51.5 cm³/mol. The number of halogens is 1. The van der Waals surface area contributed by atoms with Crippen molar-refractivity contribution in [3.05, 3.63) is 0 Å². The summed E-state index contributed by atoms with van der Waals surface area (Å²) in [5, 5.41) is 33.8. The van der Waals surface area contributed by atoms with Crippen molar-refractivity contribution in [2.45, 2.75) is 18.4 Å². The van der Waals surface area contributed by atoms with Gasteiger partial charge in [0.1, 0.15) is 0 Å². The van der Waals surface area contributed by atoms with Crippen LogP contribution < -0.4 is 0 Å². The van der Waals surface area contributed by atoms with E-state index in [4.69, 9.17) is 20.4 Å². The van der Waals surface area contributed by atoms with E-state index in [1.165, 1.54) is 0 Å². The topological polar surface area (TPSA) is 132 Å². The van der Waals surface area contributed by atoms with Gasteiger partial charge in [0.15, 0.2) is 5.60 Å². The summed E-state index contributed by atoms with van der Waals surface area (Å²) in [6.45, 7) is 0. The van der Waals surface area contributed by atoms with Crippen molar-refractivity contribution in [1.29, 1.82) is 0 Å². The third-order valence-electron chi connectivity index (χ3n) is 1.29. The molecule has 0 aromatic rings. The molecule has 0 fully saturated rings. The Balaban J connectivity index is -0.000000240. The molecule has 0 aliphatic rings. The van der Waals surface area contributed by atoms with Crippen LogP contribution in [0.25, 0.3) is 0 Å². The summed E-state index contributed by atoms with van der Waals surface area (Å²) < 4.78 is 0. The zero-order valence-electron chi connectivity index (χ0n) is 7.14. The Morgan fingerprint density at radius 3 is 1.31 bits per heavy atom. The Hall–Kier alpha value is 0.400. The minimum atomic E-state index is -2.74. The number of carboxylic acids is 3. The van der Waals surface area contributed by atoms with Gasteiger partial charge < -0.3 is 20.4 Å². The normalized spacial score (nSPS) is 8.81. The van der Waals surface area contributed by atoms with Gasteiger partial charge in [-0.3, -0.25) is 9.59 Å². The summed E-state index contributed by atoms with van der Waals surface area (Å²) in [7, 11) is 0. The Bertz CT molecular complexity index is 243. The van der Waals surface area contributed by atoms with Crippen molar-refractivity contribution in [3.63, 3.8) is 0 Å². The van der Waals surface area contributed by atoms with Gasteiger partial charge in [0.25, 0.3) is 0 Å². The molecule has 0 bridgehead atoms. The fraction of sp³-hybridized carbons (Fsp3) is 0.500. The van der Waals surface area contributed by atoms with Crippen molar-refractivity contribution in [2.75, 3.05) is 0 Å². The van der Waals surface area contributed by atoms with Crippen LogP contribution in [-0.4, -0.2) is 73.5 Å². The first-order chi connectivity index (χ1) is 5.78. The van der Waals surface area contributed by atoms with Gasteiger partial charge in [-0.15, -0.1) is 12.4 Å². The Labute approximate surface area is 134 Å². The van der Waals surface area contributed by atoms with E-state index in [-0.39, 0.29) is 64.3 Å². The van der Waals surface area contributed by atoms with Crippen LogP contribution in [0.3, 0.4) is 0 Å². The van der Waals surface area contributed by atoms with Crippen LogP contribution in [0.4, 0.5) is 0 Å². The van der Waals surface area contributed by atoms with Gasteiger partial charge in [-0.1, -0.05) is 0 Å². The second-order valence-corrected chi connectivity index (χ2v) is 2.48. The van der Waals surface area contributed by atoms with E-state index < -0.39 is 36.4 Å². The van der Waals surface area contributed by atoms with Crippen LogP contribution in [-0.2, 0) is 36.8 Å². The van der Waals surface area contributed by atoms with Crippen LogP contribution in [0.2, 0.25) is 0 Å². The molecule has 1 radical (unpaired) electrons. The average Bonchev–Trinajstić information content (AvgIpc) is 1.82. The third-order valence-corrected chi connectivity index (χ3v) is 1.29. The number of aliphatic carboxylic acids is 3. The zero-order valence-corrected chi connectivity index (χ0v) is 9.44. The summed E-state index contributed by atoms with van der Waals surface area (Å²) >= 11 is 0. The fourth-order valence-electron chi connectivity index (χ4n) is 0.714. The predicted octanol–water partition coefficient (Wildman–Crippen LogP) is -1.48. The van der Waals surface area contributed by atoms with Crippen LogP contribution in [0.15, 0.2) is 0 Å². The number of hydrogen-bond acceptors (Lipinski definition) is 4. The van der Waals surface area contributed by atoms with Gasteiger partial charge in [-0.25, -0.2) is 4.79 Å². The second kappa shape index (κ2) is 10.5. The SMILES string of the molecule is Cl.O=C(O)CC(O)(CC(=O)O)C(=O)O.[Ag].[NaH]. The van der Waals surface area contributed by atoms with Crippen molar-refractivity contribution < 1.29 is 57.2 Å². The Morgan fingerprint density at radius 1 is 0.938 bits per heavy atom. The maximum absolute atomic E-state index is 10.3. The molecule has 7 nitrogen and oxygen atoms in total. The van der Waals surface area contributed by atoms with Crippen molar-refractivity contribution in [2.24, 2.45) is 0 Å². The molecule has 0 spiro atoms. The monoisotopic (exact) mass is 359 g/mol. The molecule has 0 aliphatic heterocycles. The van der Waals surface area contributed by atoms with E-state index in [9.17, 15) is 14.4 Å². The number of hydrogen-bond donors (Lipinski definition) is 4. The molecule has 0 heterocycles. The van der Waals surface area contributed by atoms with Crippen LogP contribution >= 0.6 is 12.4 Å². The number of carbonyl (C=O) groups is 3. The molecule has 95 valence electrons. The van der Waals surface area contributed by atoms with E-state index in [2.05, 4.69) is 0 Å². The first-order valence-electron chi connectivity index (χ1n) is 3.17. The minimum absolute atomic E-state index is 0. The molecule has 0 amide bonds. The maximum atomic E-state index is 10.3. The molecule has 0 aliphatic carbocycles. The molecular formula is C6H10AgClNaO7. The van der Waals surface area contributed by atoms with Gasteiger partial charge in [0.2, 0.25) is 0 Å². The van der Waals surface area contributed by atoms with Crippen LogP contribution in [0.1, 0.15) is 12.8 Å². The van der Waals surface area contributed by atoms with E-state index in [1.807, 2.05) is 0 Å². The molecule has 10 heteroatoms. The van der Waals surface area contributed by atoms with Crippen LogP contribution in [0.5, 0.6) is 0 Å². The molecular weight excluding hydrogens is 350 g/mol. The third kappa shape index (κ3) is 9.61. The van der Waals surface area contributed by atoms with Crippen molar-refractivity contribution >= 4 is 59.9 Å². The van der Waals surface area contributed by atoms with Crippen molar-refractivity contribution in [1.82, 2.24) is 0 Å². The molecule has 0 rings (SSSR count). The molecule has 0 saturated heterocycles. The summed E-state index contributed by atoms with van der Waals surface area (Å²) in [4.78, 5) is 30.5. The van der Waals surface area contributed by atoms with E-state index in [0.29, 0.717) is 0 Å². The fourth-order valence-corrected chi connectivity index (χ4v) is 0.714. The van der Waals surface area contributed by atoms with E-state index >= 15 is 0 Å². The molecule has 0 aromatic heterocycles. The number of rotatable bonds is 5. The Morgan fingerprint density at radius 2 is 1.19 bits per heavy atom. The van der Waals surface area contributed by atoms with Gasteiger partial charge in [-0.05, 0) is 0 Å². The molecule has 0 atom stereocenters. The Kier molecular flexibility index (Phi) is 16.7. The van der Waals surface area contributed by atoms with Gasteiger partial charge in [-0.2, -0.15) is 0 Å². The summed E-state index contributed by atoms with van der Waals surface area (Å²) in [6, 6.07) is 0. The molecule has 16 heavy (non-hydrogen) atoms. The molecule has 0 saturated carbocycles. The second-order valence-electron chi connectivity index (χ2n) is 2.48. The average molecular weight is 360 g/mol. The van der Waals surface area contributed by atoms with E-state index in [1.54, 1.807) is 0 Å². The number of carboxylic acid groups (broad SMARTS) is 3. The molecule has 4 N–H and O–H groups in total. The van der Waals surface area contributed by atoms with Gasteiger partial charge >= 0.3 is 47.5 Å². The first-order valence-corrected chi connectivity index (χ1v) is 3.17. The summed E-state index contributed by atoms with van der Waals surface area (Å²) in [5.74, 6) is -5.02. The summed E-state index contributed by atoms with van der Waals surface area (Å²) in [5.41, 5.74) is -2.74. The number of aliphatic hydroxyl groups is 1. The zero-order chi connectivity index (χ0) is 10.6. The molecule has 0 unspecified atom stereocenters. The first kappa shape index (κ1) is 25.3. The quantitative estimate of drug-likeness (QED) is 0.440. The summed E-state index contributed by atoms with van der Waals surface area (Å²) in [6.07, 6.45) is -2.29. The standard InChI is InChI=1S/C6H8O7.Ag.ClH.Na.H/c7-3(8)1-6(13,5(11)12)2-4(9)10;;;;/h13H,1-2H2,(H,7,8)(H,9,10)(H,11,12);;1H;;. The van der Waals surface area contributed by atoms with E-state index in [0.717, 1.165) is 0 Å². The molecule has 0 aromatic carbocycles. The van der Waals surface area contributed by atoms with Crippen LogP contribution in [0, 0.1) is 0 Å². The van der Waals surface area contributed by atoms with Crippen molar-refractivity contribution in [3.8, 4) is 0 Å².